The second kappa shape index (κ2) is 5.28. The number of hydrogen-bond donors (Lipinski definition) is 1. The van der Waals surface area contributed by atoms with Gasteiger partial charge in [0.25, 0.3) is 0 Å². The largest absolute Gasteiger partial charge is 0.494 e. The Hall–Kier alpha value is -1.41. The van der Waals surface area contributed by atoms with Gasteiger partial charge in [0.05, 0.1) is 6.61 Å². The first-order valence-corrected chi connectivity index (χ1v) is 6.25. The Labute approximate surface area is 107 Å². The molecule has 0 saturated carbocycles. The molecule has 1 heterocycles. The van der Waals surface area contributed by atoms with E-state index in [0.29, 0.717) is 12.5 Å². The molecule has 1 aromatic carbocycles. The summed E-state index contributed by atoms with van der Waals surface area (Å²) in [6.45, 7) is 4.71. The van der Waals surface area contributed by atoms with Crippen molar-refractivity contribution in [2.75, 3.05) is 6.61 Å². The van der Waals surface area contributed by atoms with Crippen LogP contribution in [0.1, 0.15) is 18.2 Å². The number of H-pyrrole nitrogens is 1. The number of halogens is 1. The molecule has 0 bridgehead atoms. The maximum atomic E-state index is 5.86. The topological polar surface area (TPSA) is 25.0 Å². The molecule has 1 N–H and O–H groups in total. The first-order valence-electron chi connectivity index (χ1n) is 5.72. The molecule has 0 spiro atoms. The number of aromatic amines is 1. The van der Waals surface area contributed by atoms with E-state index in [1.165, 1.54) is 0 Å². The molecular formula is C14H16ClNO. The quantitative estimate of drug-likeness (QED) is 0.810. The molecule has 0 aliphatic rings. The van der Waals surface area contributed by atoms with Crippen LogP contribution in [0.15, 0.2) is 30.3 Å². The zero-order valence-electron chi connectivity index (χ0n) is 10.1. The third-order valence-electron chi connectivity index (χ3n) is 2.74. The number of benzene rings is 1. The lowest BCUT2D eigenvalue weighted by atomic mass is 10.1. The van der Waals surface area contributed by atoms with E-state index in [4.69, 9.17) is 16.3 Å². The molecule has 2 nitrogen and oxygen atoms in total. The van der Waals surface area contributed by atoms with E-state index in [9.17, 15) is 0 Å². The summed E-state index contributed by atoms with van der Waals surface area (Å²) in [7, 11) is 0. The van der Waals surface area contributed by atoms with Crippen LogP contribution in [0.25, 0.3) is 11.3 Å². The molecule has 0 unspecified atom stereocenters. The van der Waals surface area contributed by atoms with Gasteiger partial charge >= 0.3 is 0 Å². The van der Waals surface area contributed by atoms with Gasteiger partial charge < -0.3 is 9.72 Å². The fourth-order valence-corrected chi connectivity index (χ4v) is 2.07. The van der Waals surface area contributed by atoms with Gasteiger partial charge in [-0.1, -0.05) is 0 Å². The van der Waals surface area contributed by atoms with Crippen LogP contribution in [0, 0.1) is 6.92 Å². The minimum atomic E-state index is 0.541. The number of rotatable bonds is 4. The van der Waals surface area contributed by atoms with Gasteiger partial charge in [-0.3, -0.25) is 0 Å². The summed E-state index contributed by atoms with van der Waals surface area (Å²) in [5, 5.41) is 0. The Morgan fingerprint density at radius 2 is 1.94 bits per heavy atom. The minimum absolute atomic E-state index is 0.541. The summed E-state index contributed by atoms with van der Waals surface area (Å²) in [5.41, 5.74) is 4.52. The monoisotopic (exact) mass is 249 g/mol. The predicted octanol–water partition coefficient (Wildman–Crippen LogP) is 4.13. The van der Waals surface area contributed by atoms with Crippen LogP contribution >= 0.6 is 11.6 Å². The van der Waals surface area contributed by atoms with Crippen LogP contribution in [0.4, 0.5) is 0 Å². The van der Waals surface area contributed by atoms with Gasteiger partial charge in [0.2, 0.25) is 0 Å². The second-order valence-corrected chi connectivity index (χ2v) is 4.19. The van der Waals surface area contributed by atoms with Gasteiger partial charge in [0.1, 0.15) is 5.75 Å². The highest BCUT2D eigenvalue weighted by molar-refractivity contribution is 6.17. The van der Waals surface area contributed by atoms with Crippen molar-refractivity contribution in [2.24, 2.45) is 0 Å². The summed E-state index contributed by atoms with van der Waals surface area (Å²) in [4.78, 5) is 3.34. The van der Waals surface area contributed by atoms with Crippen molar-refractivity contribution in [1.29, 1.82) is 0 Å². The first kappa shape index (κ1) is 12.1. The molecular weight excluding hydrogens is 234 g/mol. The molecule has 90 valence electrons. The number of nitrogens with one attached hydrogen (secondary N) is 1. The summed E-state index contributed by atoms with van der Waals surface area (Å²) in [5.74, 6) is 1.44. The van der Waals surface area contributed by atoms with E-state index in [2.05, 4.69) is 11.1 Å². The Morgan fingerprint density at radius 1 is 1.24 bits per heavy atom. The second-order valence-electron chi connectivity index (χ2n) is 3.92. The van der Waals surface area contributed by atoms with Crippen molar-refractivity contribution in [3.8, 4) is 17.0 Å². The number of aromatic nitrogens is 1. The molecule has 3 heteroatoms. The zero-order valence-corrected chi connectivity index (χ0v) is 10.8. The van der Waals surface area contributed by atoms with Crippen LogP contribution in [-0.4, -0.2) is 11.6 Å². The van der Waals surface area contributed by atoms with E-state index in [0.717, 1.165) is 28.3 Å². The first-order chi connectivity index (χ1) is 8.24. The van der Waals surface area contributed by atoms with Crippen molar-refractivity contribution < 1.29 is 4.74 Å². The fraction of sp³-hybridized carbons (Fsp3) is 0.286. The van der Waals surface area contributed by atoms with Crippen LogP contribution in [0.3, 0.4) is 0 Å². The summed E-state index contributed by atoms with van der Waals surface area (Å²) in [6.07, 6.45) is 0. The fourth-order valence-electron chi connectivity index (χ4n) is 1.79. The molecule has 2 aromatic rings. The van der Waals surface area contributed by atoms with Crippen LogP contribution in [0.2, 0.25) is 0 Å². The van der Waals surface area contributed by atoms with Crippen molar-refractivity contribution in [3.05, 3.63) is 41.6 Å². The molecule has 2 rings (SSSR count). The Balaban J connectivity index is 2.26. The van der Waals surface area contributed by atoms with Crippen LogP contribution in [0.5, 0.6) is 5.75 Å². The maximum Gasteiger partial charge on any atom is 0.119 e. The Bertz CT molecular complexity index is 487. The third kappa shape index (κ3) is 2.64. The van der Waals surface area contributed by atoms with Crippen molar-refractivity contribution in [2.45, 2.75) is 19.7 Å². The van der Waals surface area contributed by atoms with Gasteiger partial charge in [-0.05, 0) is 55.3 Å². The van der Waals surface area contributed by atoms with Gasteiger partial charge in [0.15, 0.2) is 0 Å². The summed E-state index contributed by atoms with van der Waals surface area (Å²) < 4.78 is 5.42. The van der Waals surface area contributed by atoms with Crippen LogP contribution < -0.4 is 4.74 Å². The standard InChI is InChI=1S/C14H16ClNO/c1-3-17-13-6-4-11(5-7-13)14-8-12(9-15)10(2)16-14/h4-8,16H,3,9H2,1-2H3. The highest BCUT2D eigenvalue weighted by Gasteiger charge is 2.05. The summed E-state index contributed by atoms with van der Waals surface area (Å²) in [6, 6.07) is 10.2. The number of alkyl halides is 1. The maximum absolute atomic E-state index is 5.86. The van der Waals surface area contributed by atoms with Gasteiger partial charge in [-0.2, -0.15) is 0 Å². The third-order valence-corrected chi connectivity index (χ3v) is 3.03. The smallest absolute Gasteiger partial charge is 0.119 e. The van der Waals surface area contributed by atoms with E-state index >= 15 is 0 Å². The number of aryl methyl sites for hydroxylation is 1. The lowest BCUT2D eigenvalue weighted by Crippen LogP contribution is -1.90. The molecule has 0 fully saturated rings. The lowest BCUT2D eigenvalue weighted by Gasteiger charge is -2.03. The number of hydrogen-bond acceptors (Lipinski definition) is 1. The molecule has 0 atom stereocenters. The molecule has 0 amide bonds. The predicted molar refractivity (Wildman–Crippen MR) is 71.7 cm³/mol. The molecule has 1 aromatic heterocycles. The highest BCUT2D eigenvalue weighted by atomic mass is 35.5. The SMILES string of the molecule is CCOc1ccc(-c2cc(CCl)c(C)[nH]2)cc1. The van der Waals surface area contributed by atoms with Gasteiger partial charge in [-0.15, -0.1) is 11.6 Å². The molecule has 0 aliphatic carbocycles. The average molecular weight is 250 g/mol. The van der Waals surface area contributed by atoms with Crippen molar-refractivity contribution in [3.63, 3.8) is 0 Å². The van der Waals surface area contributed by atoms with E-state index in [-0.39, 0.29) is 0 Å². The molecule has 0 radical (unpaired) electrons. The molecule has 0 aliphatic heterocycles. The average Bonchev–Trinajstić information content (AvgIpc) is 2.72. The highest BCUT2D eigenvalue weighted by Crippen LogP contribution is 2.24. The zero-order chi connectivity index (χ0) is 12.3. The Kier molecular flexibility index (Phi) is 3.75. The number of ether oxygens (including phenoxy) is 1. The summed E-state index contributed by atoms with van der Waals surface area (Å²) >= 11 is 5.86. The molecule has 0 saturated heterocycles. The van der Waals surface area contributed by atoms with E-state index < -0.39 is 0 Å². The molecule has 17 heavy (non-hydrogen) atoms. The van der Waals surface area contributed by atoms with Crippen LogP contribution in [-0.2, 0) is 5.88 Å². The van der Waals surface area contributed by atoms with Gasteiger partial charge in [-0.25, -0.2) is 0 Å². The lowest BCUT2D eigenvalue weighted by molar-refractivity contribution is 0.340. The minimum Gasteiger partial charge on any atom is -0.494 e. The van der Waals surface area contributed by atoms with Gasteiger partial charge in [0, 0.05) is 17.3 Å². The van der Waals surface area contributed by atoms with E-state index in [1.807, 2.05) is 38.1 Å². The normalized spacial score (nSPS) is 10.5. The van der Waals surface area contributed by atoms with Crippen molar-refractivity contribution >= 4 is 11.6 Å². The van der Waals surface area contributed by atoms with E-state index in [1.54, 1.807) is 0 Å². The van der Waals surface area contributed by atoms with Crippen molar-refractivity contribution in [1.82, 2.24) is 4.98 Å². The Morgan fingerprint density at radius 3 is 2.47 bits per heavy atom.